The van der Waals surface area contributed by atoms with Crippen LogP contribution in [0.25, 0.3) is 0 Å². The Hall–Kier alpha value is -0.940. The molecule has 0 amide bonds. The van der Waals surface area contributed by atoms with Crippen molar-refractivity contribution in [3.63, 3.8) is 0 Å². The van der Waals surface area contributed by atoms with Crippen molar-refractivity contribution in [3.05, 3.63) is 17.4 Å². The normalized spacial score (nSPS) is 8.89. The molecular weight excluding hydrogens is 136 g/mol. The number of hydrogen-bond donors (Lipinski definition) is 0. The summed E-state index contributed by atoms with van der Waals surface area (Å²) in [5.41, 5.74) is 0. The summed E-state index contributed by atoms with van der Waals surface area (Å²) < 4.78 is 1.60. The van der Waals surface area contributed by atoms with Crippen molar-refractivity contribution in [2.75, 3.05) is 0 Å². The minimum absolute atomic E-state index is 0.479. The monoisotopic (exact) mass is 140 g/mol. The van der Waals surface area contributed by atoms with Gasteiger partial charge in [0, 0.05) is 6.20 Å². The van der Waals surface area contributed by atoms with E-state index >= 15 is 0 Å². The molecule has 1 rings (SSSR count). The Bertz CT molecular complexity index is 233. The van der Waals surface area contributed by atoms with Crippen molar-refractivity contribution in [1.29, 1.82) is 0 Å². The van der Waals surface area contributed by atoms with Crippen LogP contribution in [0, 0.1) is 12.3 Å². The second-order valence-electron chi connectivity index (χ2n) is 1.56. The molecule has 0 saturated heterocycles. The van der Waals surface area contributed by atoms with Crippen LogP contribution in [0.15, 0.2) is 12.4 Å². The molecular formula is C6H5ClN2. The van der Waals surface area contributed by atoms with Gasteiger partial charge in [0.05, 0.1) is 11.2 Å². The molecule has 3 heteroatoms. The Morgan fingerprint density at radius 1 is 1.89 bits per heavy atom. The number of aromatic nitrogens is 2. The summed E-state index contributed by atoms with van der Waals surface area (Å²) in [6.45, 7) is 0.479. The predicted molar refractivity (Wildman–Crippen MR) is 36.1 cm³/mol. The highest BCUT2D eigenvalue weighted by Gasteiger charge is 1.89. The Morgan fingerprint density at radius 2 is 2.67 bits per heavy atom. The maximum absolute atomic E-state index is 5.54. The van der Waals surface area contributed by atoms with Gasteiger partial charge in [0.15, 0.2) is 0 Å². The van der Waals surface area contributed by atoms with Gasteiger partial charge in [-0.05, 0) is 0 Å². The van der Waals surface area contributed by atoms with Crippen LogP contribution in [-0.2, 0) is 6.54 Å². The Balaban J connectivity index is 2.76. The van der Waals surface area contributed by atoms with Gasteiger partial charge in [-0.15, -0.1) is 6.42 Å². The summed E-state index contributed by atoms with van der Waals surface area (Å²) in [5.74, 6) is 2.44. The van der Waals surface area contributed by atoms with Gasteiger partial charge in [-0.25, -0.2) is 0 Å². The van der Waals surface area contributed by atoms with Crippen LogP contribution in [0.1, 0.15) is 0 Å². The maximum Gasteiger partial charge on any atom is 0.101 e. The van der Waals surface area contributed by atoms with Crippen molar-refractivity contribution in [2.24, 2.45) is 0 Å². The van der Waals surface area contributed by atoms with E-state index in [0.29, 0.717) is 11.6 Å². The number of halogens is 1. The highest BCUT2D eigenvalue weighted by Crippen LogP contribution is 2.03. The third-order valence-electron chi connectivity index (χ3n) is 0.855. The Morgan fingerprint density at radius 3 is 3.11 bits per heavy atom. The molecule has 0 saturated carbocycles. The molecule has 0 aromatic carbocycles. The largest absolute Gasteiger partial charge is 0.259 e. The second kappa shape index (κ2) is 2.56. The fourth-order valence-electron chi connectivity index (χ4n) is 0.518. The molecule has 0 spiro atoms. The first-order valence-corrected chi connectivity index (χ1v) is 2.82. The van der Waals surface area contributed by atoms with Crippen LogP contribution < -0.4 is 0 Å². The Labute approximate surface area is 58.4 Å². The van der Waals surface area contributed by atoms with Crippen LogP contribution in [0.4, 0.5) is 0 Å². The van der Waals surface area contributed by atoms with Gasteiger partial charge in [0.25, 0.3) is 0 Å². The predicted octanol–water partition coefficient (Wildman–Crippen LogP) is 1.17. The average Bonchev–Trinajstić information content (AvgIpc) is 2.17. The van der Waals surface area contributed by atoms with E-state index in [2.05, 4.69) is 11.0 Å². The van der Waals surface area contributed by atoms with E-state index in [0.717, 1.165) is 0 Å². The van der Waals surface area contributed by atoms with Crippen molar-refractivity contribution >= 4 is 11.6 Å². The number of nitrogens with zero attached hydrogens (tertiary/aromatic N) is 2. The molecule has 9 heavy (non-hydrogen) atoms. The van der Waals surface area contributed by atoms with Gasteiger partial charge in [-0.3, -0.25) is 4.68 Å². The zero-order valence-corrected chi connectivity index (χ0v) is 5.47. The van der Waals surface area contributed by atoms with E-state index in [9.17, 15) is 0 Å². The lowest BCUT2D eigenvalue weighted by Crippen LogP contribution is -1.93. The van der Waals surface area contributed by atoms with Gasteiger partial charge in [0.1, 0.15) is 6.54 Å². The minimum Gasteiger partial charge on any atom is -0.259 e. The molecule has 0 unspecified atom stereocenters. The lowest BCUT2D eigenvalue weighted by molar-refractivity contribution is 0.716. The van der Waals surface area contributed by atoms with Crippen molar-refractivity contribution in [2.45, 2.75) is 6.54 Å². The highest BCUT2D eigenvalue weighted by molar-refractivity contribution is 6.30. The summed E-state index contributed by atoms with van der Waals surface area (Å²) in [5, 5.41) is 4.46. The molecule has 0 fully saturated rings. The number of rotatable bonds is 1. The van der Waals surface area contributed by atoms with E-state index in [1.807, 2.05) is 0 Å². The molecule has 1 heterocycles. The third-order valence-corrected chi connectivity index (χ3v) is 1.05. The summed E-state index contributed by atoms with van der Waals surface area (Å²) >= 11 is 5.54. The molecule has 0 radical (unpaired) electrons. The number of terminal acetylenes is 1. The maximum atomic E-state index is 5.54. The highest BCUT2D eigenvalue weighted by atomic mass is 35.5. The van der Waals surface area contributed by atoms with Gasteiger partial charge < -0.3 is 0 Å². The Kier molecular flexibility index (Phi) is 1.76. The zero-order chi connectivity index (χ0) is 6.69. The average molecular weight is 141 g/mol. The molecule has 0 bridgehead atoms. The van der Waals surface area contributed by atoms with Crippen LogP contribution in [0.3, 0.4) is 0 Å². The first kappa shape index (κ1) is 6.18. The third kappa shape index (κ3) is 1.48. The minimum atomic E-state index is 0.479. The molecule has 46 valence electrons. The van der Waals surface area contributed by atoms with Crippen LogP contribution in [0.2, 0.25) is 5.02 Å². The smallest absolute Gasteiger partial charge is 0.101 e. The molecule has 0 N–H and O–H groups in total. The molecule has 2 nitrogen and oxygen atoms in total. The van der Waals surface area contributed by atoms with Gasteiger partial charge in [0.2, 0.25) is 0 Å². The molecule has 0 aliphatic carbocycles. The van der Waals surface area contributed by atoms with E-state index in [-0.39, 0.29) is 0 Å². The van der Waals surface area contributed by atoms with E-state index < -0.39 is 0 Å². The van der Waals surface area contributed by atoms with E-state index in [4.69, 9.17) is 18.0 Å². The van der Waals surface area contributed by atoms with E-state index in [1.165, 1.54) is 0 Å². The molecule has 1 aromatic heterocycles. The summed E-state index contributed by atoms with van der Waals surface area (Å²) in [7, 11) is 0. The van der Waals surface area contributed by atoms with Crippen LogP contribution in [0.5, 0.6) is 0 Å². The first-order chi connectivity index (χ1) is 4.33. The first-order valence-electron chi connectivity index (χ1n) is 2.44. The fourth-order valence-corrected chi connectivity index (χ4v) is 0.675. The van der Waals surface area contributed by atoms with Crippen LogP contribution >= 0.6 is 11.6 Å². The van der Waals surface area contributed by atoms with Gasteiger partial charge in [-0.2, -0.15) is 5.10 Å². The number of hydrogen-bond acceptors (Lipinski definition) is 1. The molecule has 0 atom stereocenters. The van der Waals surface area contributed by atoms with E-state index in [1.54, 1.807) is 17.1 Å². The lowest BCUT2D eigenvalue weighted by atomic mass is 10.7. The zero-order valence-electron chi connectivity index (χ0n) is 4.71. The fraction of sp³-hybridized carbons (Fsp3) is 0.167. The molecule has 0 aliphatic rings. The van der Waals surface area contributed by atoms with Crippen molar-refractivity contribution in [1.82, 2.24) is 9.78 Å². The van der Waals surface area contributed by atoms with Gasteiger partial charge in [-0.1, -0.05) is 17.5 Å². The van der Waals surface area contributed by atoms with Crippen molar-refractivity contribution in [3.8, 4) is 12.3 Å². The van der Waals surface area contributed by atoms with Gasteiger partial charge >= 0.3 is 0 Å². The second-order valence-corrected chi connectivity index (χ2v) is 2.00. The SMILES string of the molecule is C#CCn1cc(Cl)cn1. The topological polar surface area (TPSA) is 17.8 Å². The standard InChI is InChI=1S/C6H5ClN2/c1-2-3-9-5-6(7)4-8-9/h1,4-5H,3H2. The summed E-state index contributed by atoms with van der Waals surface area (Å²) in [6, 6.07) is 0. The molecule has 0 aliphatic heterocycles. The van der Waals surface area contributed by atoms with Crippen LogP contribution in [-0.4, -0.2) is 9.78 Å². The quantitative estimate of drug-likeness (QED) is 0.536. The summed E-state index contributed by atoms with van der Waals surface area (Å²) in [6.07, 6.45) is 8.25. The van der Waals surface area contributed by atoms with Crippen molar-refractivity contribution < 1.29 is 0 Å². The summed E-state index contributed by atoms with van der Waals surface area (Å²) in [4.78, 5) is 0. The molecule has 1 aromatic rings. The lowest BCUT2D eigenvalue weighted by Gasteiger charge is -1.87.